The van der Waals surface area contributed by atoms with E-state index in [9.17, 15) is 9.18 Å². The van der Waals surface area contributed by atoms with Crippen molar-refractivity contribution in [3.05, 3.63) is 59.4 Å². The normalized spacial score (nSPS) is 10.4. The van der Waals surface area contributed by atoms with Gasteiger partial charge in [-0.15, -0.1) is 11.8 Å². The minimum absolute atomic E-state index is 0.0334. The van der Waals surface area contributed by atoms with Gasteiger partial charge in [-0.05, 0) is 42.3 Å². The molecule has 0 aliphatic carbocycles. The van der Waals surface area contributed by atoms with E-state index in [0.29, 0.717) is 23.8 Å². The quantitative estimate of drug-likeness (QED) is 0.741. The van der Waals surface area contributed by atoms with Crippen LogP contribution in [0, 0.1) is 5.82 Å². The number of halogens is 1. The van der Waals surface area contributed by atoms with Gasteiger partial charge in [-0.3, -0.25) is 4.79 Å². The molecule has 0 saturated carbocycles. The van der Waals surface area contributed by atoms with Crippen LogP contribution in [0.25, 0.3) is 0 Å². The van der Waals surface area contributed by atoms with Crippen LogP contribution in [0.3, 0.4) is 0 Å². The highest BCUT2D eigenvalue weighted by Gasteiger charge is 2.07. The second kappa shape index (κ2) is 9.93. The number of carbonyl (C=O) groups is 1. The lowest BCUT2D eigenvalue weighted by atomic mass is 10.1. The van der Waals surface area contributed by atoms with Gasteiger partial charge in [0.05, 0.1) is 20.0 Å². The molecule has 0 heterocycles. The number of methoxy groups -OCH3 is 2. The Balaban J connectivity index is 1.69. The van der Waals surface area contributed by atoms with Crippen LogP contribution in [0.4, 0.5) is 4.39 Å². The highest BCUT2D eigenvalue weighted by Crippen LogP contribution is 2.24. The first kappa shape index (κ1) is 19.1. The molecule has 0 radical (unpaired) electrons. The van der Waals surface area contributed by atoms with Gasteiger partial charge in [-0.25, -0.2) is 4.39 Å². The van der Waals surface area contributed by atoms with E-state index in [1.165, 1.54) is 23.9 Å². The van der Waals surface area contributed by atoms with E-state index >= 15 is 0 Å². The molecule has 0 spiro atoms. The van der Waals surface area contributed by atoms with E-state index in [1.54, 1.807) is 20.3 Å². The average molecular weight is 363 g/mol. The third-order valence-corrected chi connectivity index (χ3v) is 4.61. The Morgan fingerprint density at radius 3 is 2.56 bits per heavy atom. The number of hydrogen-bond acceptors (Lipinski definition) is 4. The zero-order chi connectivity index (χ0) is 18.1. The van der Waals surface area contributed by atoms with Crippen molar-refractivity contribution in [2.24, 2.45) is 0 Å². The smallest absolute Gasteiger partial charge is 0.230 e. The molecule has 0 saturated heterocycles. The largest absolute Gasteiger partial charge is 0.497 e. The molecule has 6 heteroatoms. The fourth-order valence-corrected chi connectivity index (χ4v) is 3.14. The molecule has 1 amide bonds. The molecule has 0 aromatic heterocycles. The second-order valence-corrected chi connectivity index (χ2v) is 6.38. The van der Waals surface area contributed by atoms with Crippen LogP contribution in [-0.4, -0.2) is 32.4 Å². The van der Waals surface area contributed by atoms with Crippen LogP contribution in [0.5, 0.6) is 11.5 Å². The summed E-state index contributed by atoms with van der Waals surface area (Å²) >= 11 is 1.43. The summed E-state index contributed by atoms with van der Waals surface area (Å²) in [6.07, 6.45) is 0.762. The first-order valence-electron chi connectivity index (χ1n) is 7.92. The first-order chi connectivity index (χ1) is 12.1. The molecule has 2 aromatic rings. The molecular weight excluding hydrogens is 341 g/mol. The lowest BCUT2D eigenvalue weighted by Crippen LogP contribution is -2.27. The number of thioether (sulfide) groups is 1. The number of rotatable bonds is 9. The molecular formula is C19H22FNO3S. The fourth-order valence-electron chi connectivity index (χ4n) is 2.30. The maximum Gasteiger partial charge on any atom is 0.230 e. The van der Waals surface area contributed by atoms with E-state index < -0.39 is 0 Å². The van der Waals surface area contributed by atoms with Gasteiger partial charge >= 0.3 is 0 Å². The van der Waals surface area contributed by atoms with Gasteiger partial charge in [0.25, 0.3) is 0 Å². The lowest BCUT2D eigenvalue weighted by molar-refractivity contribution is -0.118. The standard InChI is InChI=1S/C19H22FNO3S/c1-23-17-6-3-14(4-7-17)9-10-21-19(22)13-25-12-15-11-16(20)5-8-18(15)24-2/h3-8,11H,9-10,12-13H2,1-2H3,(H,21,22). The first-order valence-corrected chi connectivity index (χ1v) is 9.07. The zero-order valence-electron chi connectivity index (χ0n) is 14.4. The van der Waals surface area contributed by atoms with Gasteiger partial charge in [0.15, 0.2) is 0 Å². The Morgan fingerprint density at radius 1 is 1.12 bits per heavy atom. The van der Waals surface area contributed by atoms with Crippen LogP contribution in [0.1, 0.15) is 11.1 Å². The van der Waals surface area contributed by atoms with Crippen molar-refractivity contribution < 1.29 is 18.7 Å². The highest BCUT2D eigenvalue weighted by atomic mass is 32.2. The fraction of sp³-hybridized carbons (Fsp3) is 0.316. The molecule has 0 unspecified atom stereocenters. The Morgan fingerprint density at radius 2 is 1.88 bits per heavy atom. The topological polar surface area (TPSA) is 47.6 Å². The SMILES string of the molecule is COc1ccc(CCNC(=O)CSCc2cc(F)ccc2OC)cc1. The predicted octanol–water partition coefficient (Wildman–Crippen LogP) is 3.44. The average Bonchev–Trinajstić information content (AvgIpc) is 2.62. The van der Waals surface area contributed by atoms with Gasteiger partial charge < -0.3 is 14.8 Å². The number of nitrogens with one attached hydrogen (secondary N) is 1. The zero-order valence-corrected chi connectivity index (χ0v) is 15.2. The van der Waals surface area contributed by atoms with Crippen molar-refractivity contribution in [2.45, 2.75) is 12.2 Å². The number of ether oxygens (including phenoxy) is 2. The Hall–Kier alpha value is -2.21. The summed E-state index contributed by atoms with van der Waals surface area (Å²) in [6.45, 7) is 0.578. The minimum atomic E-state index is -0.305. The highest BCUT2D eigenvalue weighted by molar-refractivity contribution is 7.99. The third kappa shape index (κ3) is 6.31. The maximum absolute atomic E-state index is 13.3. The van der Waals surface area contributed by atoms with Crippen LogP contribution in [0.15, 0.2) is 42.5 Å². The van der Waals surface area contributed by atoms with Gasteiger partial charge in [-0.1, -0.05) is 12.1 Å². The third-order valence-electron chi connectivity index (χ3n) is 3.63. The molecule has 2 rings (SSSR count). The monoisotopic (exact) mass is 363 g/mol. The van der Waals surface area contributed by atoms with Crippen LogP contribution >= 0.6 is 11.8 Å². The summed E-state index contributed by atoms with van der Waals surface area (Å²) in [6, 6.07) is 12.2. The van der Waals surface area contributed by atoms with Gasteiger partial charge in [0.2, 0.25) is 5.91 Å². The predicted molar refractivity (Wildman–Crippen MR) is 98.8 cm³/mol. The van der Waals surface area contributed by atoms with Crippen LogP contribution in [0.2, 0.25) is 0 Å². The Kier molecular flexibility index (Phi) is 7.60. The number of carbonyl (C=O) groups excluding carboxylic acids is 1. The molecule has 0 bridgehead atoms. The number of benzene rings is 2. The van der Waals surface area contributed by atoms with Gasteiger partial charge in [0.1, 0.15) is 17.3 Å². The van der Waals surface area contributed by atoms with Crippen molar-refractivity contribution in [1.29, 1.82) is 0 Å². The van der Waals surface area contributed by atoms with E-state index in [4.69, 9.17) is 9.47 Å². The molecule has 0 fully saturated rings. The molecule has 4 nitrogen and oxygen atoms in total. The van der Waals surface area contributed by atoms with Crippen molar-refractivity contribution >= 4 is 17.7 Å². The van der Waals surface area contributed by atoms with E-state index in [1.807, 2.05) is 24.3 Å². The van der Waals surface area contributed by atoms with Crippen molar-refractivity contribution in [2.75, 3.05) is 26.5 Å². The summed E-state index contributed by atoms with van der Waals surface area (Å²) in [5.74, 6) is 1.95. The van der Waals surface area contributed by atoms with E-state index in [0.717, 1.165) is 23.3 Å². The molecule has 0 aliphatic heterocycles. The summed E-state index contributed by atoms with van der Waals surface area (Å²) in [7, 11) is 3.18. The summed E-state index contributed by atoms with van der Waals surface area (Å²) < 4.78 is 23.6. The van der Waals surface area contributed by atoms with Gasteiger partial charge in [0, 0.05) is 17.9 Å². The molecule has 25 heavy (non-hydrogen) atoms. The maximum atomic E-state index is 13.3. The van der Waals surface area contributed by atoms with Gasteiger partial charge in [-0.2, -0.15) is 0 Å². The van der Waals surface area contributed by atoms with Crippen molar-refractivity contribution in [1.82, 2.24) is 5.32 Å². The molecule has 134 valence electrons. The van der Waals surface area contributed by atoms with Crippen molar-refractivity contribution in [3.63, 3.8) is 0 Å². The number of amides is 1. The minimum Gasteiger partial charge on any atom is -0.497 e. The van der Waals surface area contributed by atoms with Crippen LogP contribution in [-0.2, 0) is 17.0 Å². The summed E-state index contributed by atoms with van der Waals surface area (Å²) in [5.41, 5.74) is 1.89. The summed E-state index contributed by atoms with van der Waals surface area (Å²) in [4.78, 5) is 11.9. The molecule has 0 aliphatic rings. The lowest BCUT2D eigenvalue weighted by Gasteiger charge is -2.09. The number of hydrogen-bond donors (Lipinski definition) is 1. The molecule has 1 N–H and O–H groups in total. The Labute approximate surface area is 151 Å². The van der Waals surface area contributed by atoms with E-state index in [-0.39, 0.29) is 11.7 Å². The molecule has 0 atom stereocenters. The van der Waals surface area contributed by atoms with Crippen LogP contribution < -0.4 is 14.8 Å². The second-order valence-electron chi connectivity index (χ2n) is 5.40. The summed E-state index contributed by atoms with van der Waals surface area (Å²) in [5, 5.41) is 2.89. The Bertz CT molecular complexity index is 692. The van der Waals surface area contributed by atoms with Crippen molar-refractivity contribution in [3.8, 4) is 11.5 Å². The molecule has 2 aromatic carbocycles. The van der Waals surface area contributed by atoms with E-state index in [2.05, 4.69) is 5.32 Å².